The lowest BCUT2D eigenvalue weighted by atomic mass is 10.1. The van der Waals surface area contributed by atoms with Gasteiger partial charge < -0.3 is 30.4 Å². The number of imidazole rings is 1. The first-order valence-electron chi connectivity index (χ1n) is 10.7. The second kappa shape index (κ2) is 11.3. The Morgan fingerprint density at radius 3 is 2.78 bits per heavy atom. The fourth-order valence-electron chi connectivity index (χ4n) is 3.32. The Hall–Kier alpha value is -3.40. The van der Waals surface area contributed by atoms with E-state index in [4.69, 9.17) is 15.2 Å². The number of hydrogen-bond acceptors (Lipinski definition) is 9. The molecule has 0 aliphatic rings. The summed E-state index contributed by atoms with van der Waals surface area (Å²) in [6, 6.07) is 8.11. The number of aliphatic carboxylic acids is 1. The molecule has 0 radical (unpaired) electrons. The summed E-state index contributed by atoms with van der Waals surface area (Å²) in [5.41, 5.74) is 8.88. The maximum absolute atomic E-state index is 10.8. The number of nitrogens with zero attached hydrogens (tertiary/aromatic N) is 4. The number of anilines is 1. The van der Waals surface area contributed by atoms with Gasteiger partial charge in [-0.15, -0.1) is 0 Å². The summed E-state index contributed by atoms with van der Waals surface area (Å²) in [7, 11) is 1.55. The lowest BCUT2D eigenvalue weighted by Gasteiger charge is -2.10. The van der Waals surface area contributed by atoms with Gasteiger partial charge in [0.1, 0.15) is 0 Å². The lowest BCUT2D eigenvalue weighted by Crippen LogP contribution is -2.24. The van der Waals surface area contributed by atoms with Crippen molar-refractivity contribution in [3.05, 3.63) is 35.4 Å². The van der Waals surface area contributed by atoms with Crippen LogP contribution in [-0.2, 0) is 24.3 Å². The number of aromatic nitrogens is 4. The van der Waals surface area contributed by atoms with Crippen LogP contribution in [0.1, 0.15) is 37.3 Å². The first kappa shape index (κ1) is 23.3. The second-order valence-electron chi connectivity index (χ2n) is 7.41. The van der Waals surface area contributed by atoms with Crippen LogP contribution in [0, 0.1) is 0 Å². The van der Waals surface area contributed by atoms with E-state index in [0.29, 0.717) is 36.9 Å². The number of nitrogen functional groups attached to an aromatic ring is 1. The zero-order valence-electron chi connectivity index (χ0n) is 18.5. The molecule has 3 N–H and O–H groups in total. The number of rotatable bonds is 13. The third-order valence-corrected chi connectivity index (χ3v) is 4.88. The molecule has 3 rings (SSSR count). The van der Waals surface area contributed by atoms with E-state index in [9.17, 15) is 9.90 Å². The summed E-state index contributed by atoms with van der Waals surface area (Å²) in [4.78, 5) is 23.9. The summed E-state index contributed by atoms with van der Waals surface area (Å²) in [6.45, 7) is 4.59. The number of carboxylic acid groups (broad SMARTS) is 1. The van der Waals surface area contributed by atoms with Crippen LogP contribution < -0.4 is 25.6 Å². The van der Waals surface area contributed by atoms with Crippen molar-refractivity contribution in [2.45, 2.75) is 45.7 Å². The molecule has 2 aromatic heterocycles. The fraction of sp³-hybridized carbons (Fsp3) is 0.455. The molecule has 0 saturated heterocycles. The molecule has 0 atom stereocenters. The molecule has 10 nitrogen and oxygen atoms in total. The van der Waals surface area contributed by atoms with E-state index in [1.165, 1.54) is 0 Å². The SMILES string of the molecule is CCCCOc1nc(N)c2nc(OC)n(CCCNCc3cccc(CC(=O)[O-])c3)c2n1. The second-order valence-corrected chi connectivity index (χ2v) is 7.41. The number of aryl methyl sites for hydroxylation is 1. The normalized spacial score (nSPS) is 11.1. The van der Waals surface area contributed by atoms with Crippen LogP contribution >= 0.6 is 0 Å². The van der Waals surface area contributed by atoms with Crippen LogP contribution in [0.15, 0.2) is 24.3 Å². The minimum Gasteiger partial charge on any atom is -0.550 e. The average Bonchev–Trinajstić information content (AvgIpc) is 3.12. The van der Waals surface area contributed by atoms with Crippen molar-refractivity contribution in [3.8, 4) is 12.0 Å². The number of hydrogen-bond donors (Lipinski definition) is 2. The summed E-state index contributed by atoms with van der Waals surface area (Å²) in [5.74, 6) is -0.826. The molecule has 172 valence electrons. The molecule has 1 aromatic carbocycles. The molecular weight excluding hydrogens is 412 g/mol. The van der Waals surface area contributed by atoms with Gasteiger partial charge in [0.25, 0.3) is 6.01 Å². The van der Waals surface area contributed by atoms with E-state index in [1.807, 2.05) is 22.8 Å². The Balaban J connectivity index is 1.61. The average molecular weight is 442 g/mol. The highest BCUT2D eigenvalue weighted by molar-refractivity contribution is 5.83. The molecule has 32 heavy (non-hydrogen) atoms. The van der Waals surface area contributed by atoms with Gasteiger partial charge in [-0.3, -0.25) is 4.57 Å². The van der Waals surface area contributed by atoms with E-state index >= 15 is 0 Å². The van der Waals surface area contributed by atoms with Gasteiger partial charge in [-0.1, -0.05) is 37.6 Å². The van der Waals surface area contributed by atoms with Crippen molar-refractivity contribution in [2.75, 3.05) is 26.0 Å². The molecule has 0 bridgehead atoms. The summed E-state index contributed by atoms with van der Waals surface area (Å²) < 4.78 is 12.9. The van der Waals surface area contributed by atoms with Crippen LogP contribution in [0.2, 0.25) is 0 Å². The maximum atomic E-state index is 10.8. The van der Waals surface area contributed by atoms with E-state index < -0.39 is 5.97 Å². The van der Waals surface area contributed by atoms with Crippen LogP contribution in [0.3, 0.4) is 0 Å². The highest BCUT2D eigenvalue weighted by Gasteiger charge is 2.17. The number of carboxylic acids is 1. The molecule has 0 saturated carbocycles. The van der Waals surface area contributed by atoms with Gasteiger partial charge in [0.05, 0.1) is 13.7 Å². The Bertz CT molecular complexity index is 1050. The summed E-state index contributed by atoms with van der Waals surface area (Å²) in [5, 5.41) is 14.1. The Labute approximate surface area is 186 Å². The predicted molar refractivity (Wildman–Crippen MR) is 118 cm³/mol. The Morgan fingerprint density at radius 1 is 1.22 bits per heavy atom. The van der Waals surface area contributed by atoms with Crippen LogP contribution in [-0.4, -0.2) is 45.7 Å². The molecular formula is C22H29N6O4-. The molecule has 2 heterocycles. The van der Waals surface area contributed by atoms with Gasteiger partial charge in [-0.2, -0.15) is 15.0 Å². The van der Waals surface area contributed by atoms with Crippen LogP contribution in [0.4, 0.5) is 5.82 Å². The van der Waals surface area contributed by atoms with Gasteiger partial charge in [0, 0.05) is 25.5 Å². The summed E-state index contributed by atoms with van der Waals surface area (Å²) >= 11 is 0. The number of unbranched alkanes of at least 4 members (excludes halogenated alkanes) is 1. The number of fused-ring (bicyclic) bond motifs is 1. The quantitative estimate of drug-likeness (QED) is 0.373. The third-order valence-electron chi connectivity index (χ3n) is 4.88. The molecule has 10 heteroatoms. The van der Waals surface area contributed by atoms with E-state index in [-0.39, 0.29) is 18.2 Å². The summed E-state index contributed by atoms with van der Waals surface area (Å²) in [6.07, 6.45) is 2.62. The van der Waals surface area contributed by atoms with Gasteiger partial charge >= 0.3 is 6.01 Å². The van der Waals surface area contributed by atoms with Gasteiger partial charge in [0.15, 0.2) is 17.0 Å². The minimum absolute atomic E-state index is 0.0868. The van der Waals surface area contributed by atoms with Gasteiger partial charge in [0.2, 0.25) is 0 Å². The fourth-order valence-corrected chi connectivity index (χ4v) is 3.32. The van der Waals surface area contributed by atoms with Crippen molar-refractivity contribution < 1.29 is 19.4 Å². The van der Waals surface area contributed by atoms with Crippen LogP contribution in [0.25, 0.3) is 11.2 Å². The molecule has 0 spiro atoms. The number of carbonyl (C=O) groups excluding carboxylic acids is 1. The van der Waals surface area contributed by atoms with Gasteiger partial charge in [-0.05, 0) is 30.5 Å². The number of ether oxygens (including phenoxy) is 2. The third kappa shape index (κ3) is 6.07. The van der Waals surface area contributed by atoms with Crippen molar-refractivity contribution in [1.29, 1.82) is 0 Å². The van der Waals surface area contributed by atoms with Crippen LogP contribution in [0.5, 0.6) is 12.0 Å². The Kier molecular flexibility index (Phi) is 8.20. The molecule has 0 aliphatic heterocycles. The largest absolute Gasteiger partial charge is 0.550 e. The lowest BCUT2D eigenvalue weighted by molar-refractivity contribution is -0.304. The molecule has 0 aliphatic carbocycles. The first-order chi connectivity index (χ1) is 15.5. The minimum atomic E-state index is -1.08. The first-order valence-corrected chi connectivity index (χ1v) is 10.7. The monoisotopic (exact) mass is 441 g/mol. The number of nitrogens with two attached hydrogens (primary N) is 1. The molecule has 0 amide bonds. The zero-order valence-corrected chi connectivity index (χ0v) is 18.5. The highest BCUT2D eigenvalue weighted by atomic mass is 16.5. The highest BCUT2D eigenvalue weighted by Crippen LogP contribution is 2.25. The topological polar surface area (TPSA) is 140 Å². The molecule has 3 aromatic rings. The van der Waals surface area contributed by atoms with Crippen molar-refractivity contribution in [3.63, 3.8) is 0 Å². The number of carbonyl (C=O) groups is 1. The van der Waals surface area contributed by atoms with Crippen molar-refractivity contribution in [2.24, 2.45) is 0 Å². The number of methoxy groups -OCH3 is 1. The zero-order chi connectivity index (χ0) is 22.9. The van der Waals surface area contributed by atoms with Crippen molar-refractivity contribution in [1.82, 2.24) is 24.8 Å². The van der Waals surface area contributed by atoms with Crippen molar-refractivity contribution >= 4 is 23.0 Å². The van der Waals surface area contributed by atoms with E-state index in [1.54, 1.807) is 13.2 Å². The predicted octanol–water partition coefficient (Wildman–Crippen LogP) is 1.07. The smallest absolute Gasteiger partial charge is 0.320 e. The van der Waals surface area contributed by atoms with Gasteiger partial charge in [-0.25, -0.2) is 0 Å². The number of benzene rings is 1. The standard InChI is InChI=1S/C22H30N6O4/c1-3-4-11-32-21-26-19(23)18-20(27-21)28(22(25-18)31-2)10-6-9-24-14-16-8-5-7-15(12-16)13-17(29)30/h5,7-8,12,24H,3-4,6,9-11,13-14H2,1-2H3,(H,29,30)(H2,23,26,27)/p-1. The Morgan fingerprint density at radius 2 is 2.03 bits per heavy atom. The van der Waals surface area contributed by atoms with E-state index in [0.717, 1.165) is 36.9 Å². The molecule has 0 unspecified atom stereocenters. The maximum Gasteiger partial charge on any atom is 0.320 e. The van der Waals surface area contributed by atoms with E-state index in [2.05, 4.69) is 27.2 Å². The number of nitrogens with one attached hydrogen (secondary N) is 1. The molecule has 0 fully saturated rings.